The molecule has 5 heterocycles. The van der Waals surface area contributed by atoms with Crippen LogP contribution in [0.5, 0.6) is 11.9 Å². The van der Waals surface area contributed by atoms with Gasteiger partial charge < -0.3 is 9.47 Å². The van der Waals surface area contributed by atoms with Gasteiger partial charge in [-0.05, 0) is 31.0 Å². The highest BCUT2D eigenvalue weighted by atomic mass is 35.5. The predicted octanol–water partition coefficient (Wildman–Crippen LogP) is 5.43. The molecule has 1 unspecified atom stereocenters. The van der Waals surface area contributed by atoms with Crippen LogP contribution < -0.4 is 9.47 Å². The van der Waals surface area contributed by atoms with E-state index in [1.807, 2.05) is 36.4 Å². The van der Waals surface area contributed by atoms with Gasteiger partial charge in [0, 0.05) is 24.5 Å². The molecule has 2 aliphatic rings. The van der Waals surface area contributed by atoms with Gasteiger partial charge in [0.1, 0.15) is 29.4 Å². The highest BCUT2D eigenvalue weighted by Crippen LogP contribution is 2.42. The van der Waals surface area contributed by atoms with Crippen LogP contribution in [0.3, 0.4) is 0 Å². The van der Waals surface area contributed by atoms with E-state index in [0.717, 1.165) is 45.3 Å². The molecule has 0 spiro atoms. The van der Waals surface area contributed by atoms with Crippen LogP contribution in [0, 0.1) is 0 Å². The average Bonchev–Trinajstić information content (AvgIpc) is 3.47. The van der Waals surface area contributed by atoms with Crippen molar-refractivity contribution in [3.05, 3.63) is 53.3 Å². The molecule has 2 aliphatic heterocycles. The Hall–Kier alpha value is -2.55. The summed E-state index contributed by atoms with van der Waals surface area (Å²) in [6.07, 6.45) is 3.35. The number of aromatic nitrogens is 3. The molecular formula is C24H22ClFN4O2S. The fourth-order valence-electron chi connectivity index (χ4n) is 5.06. The fourth-order valence-corrected chi connectivity index (χ4v) is 6.37. The highest BCUT2D eigenvalue weighted by Gasteiger charge is 2.49. The summed E-state index contributed by atoms with van der Waals surface area (Å²) in [4.78, 5) is 16.4. The van der Waals surface area contributed by atoms with Crippen LogP contribution in [-0.4, -0.2) is 51.3 Å². The van der Waals surface area contributed by atoms with Crippen molar-refractivity contribution in [2.24, 2.45) is 0 Å². The molecule has 0 radical (unpaired) electrons. The lowest BCUT2D eigenvalue weighted by atomic mass is 9.95. The third-order valence-corrected chi connectivity index (χ3v) is 8.11. The Bertz CT molecular complexity index is 1320. The second kappa shape index (κ2) is 8.34. The van der Waals surface area contributed by atoms with Crippen LogP contribution in [0.2, 0.25) is 5.15 Å². The summed E-state index contributed by atoms with van der Waals surface area (Å²) >= 11 is 7.79. The number of thiophene rings is 1. The summed E-state index contributed by atoms with van der Waals surface area (Å²) in [5, 5.41) is 2.13. The fraction of sp³-hybridized carbons (Fsp3) is 0.375. The first-order valence-corrected chi connectivity index (χ1v) is 12.2. The minimum atomic E-state index is -0.806. The smallest absolute Gasteiger partial charge is 0.321 e. The molecular weight excluding hydrogens is 463 g/mol. The van der Waals surface area contributed by atoms with Crippen LogP contribution in [0.25, 0.3) is 20.3 Å². The molecule has 6 rings (SSSR count). The van der Waals surface area contributed by atoms with Crippen molar-refractivity contribution < 1.29 is 13.9 Å². The van der Waals surface area contributed by atoms with E-state index < -0.39 is 6.17 Å². The average molecular weight is 485 g/mol. The predicted molar refractivity (Wildman–Crippen MR) is 127 cm³/mol. The molecule has 4 aromatic rings. The minimum Gasteiger partial charge on any atom is -0.472 e. The van der Waals surface area contributed by atoms with Gasteiger partial charge in [-0.2, -0.15) is 9.97 Å². The van der Waals surface area contributed by atoms with Gasteiger partial charge in [-0.3, -0.25) is 4.90 Å². The van der Waals surface area contributed by atoms with Crippen molar-refractivity contribution in [2.75, 3.05) is 19.7 Å². The topological polar surface area (TPSA) is 60.4 Å². The molecule has 3 aromatic heterocycles. The quantitative estimate of drug-likeness (QED) is 0.340. The van der Waals surface area contributed by atoms with Gasteiger partial charge >= 0.3 is 6.01 Å². The summed E-state index contributed by atoms with van der Waals surface area (Å²) < 4.78 is 27.3. The molecule has 1 aromatic carbocycles. The maximum Gasteiger partial charge on any atom is 0.321 e. The van der Waals surface area contributed by atoms with E-state index in [4.69, 9.17) is 21.1 Å². The lowest BCUT2D eigenvalue weighted by Crippen LogP contribution is -2.43. The van der Waals surface area contributed by atoms with E-state index in [-0.39, 0.29) is 11.5 Å². The molecule has 33 heavy (non-hydrogen) atoms. The van der Waals surface area contributed by atoms with Gasteiger partial charge in [-0.1, -0.05) is 41.9 Å². The van der Waals surface area contributed by atoms with Crippen molar-refractivity contribution in [1.29, 1.82) is 0 Å². The first-order chi connectivity index (χ1) is 16.1. The standard InChI is InChI=1S/C24H22ClFN4O2S/c25-20-19-17(7-9-27-20)18-21(31-13-15-5-2-1-3-6-15)28-23(29-22(18)33-19)32-14-24-8-4-10-30(24)12-16(26)11-24/h1-3,5-7,9,16H,4,8,10-14H2/t16-,24?/m1/s1. The largest absolute Gasteiger partial charge is 0.472 e. The Morgan fingerprint density at radius 2 is 2.06 bits per heavy atom. The summed E-state index contributed by atoms with van der Waals surface area (Å²) in [6, 6.07) is 12.1. The number of fused-ring (bicyclic) bond motifs is 4. The first kappa shape index (κ1) is 21.0. The monoisotopic (exact) mass is 484 g/mol. The van der Waals surface area contributed by atoms with E-state index in [9.17, 15) is 4.39 Å². The maximum atomic E-state index is 14.1. The molecule has 2 fully saturated rings. The van der Waals surface area contributed by atoms with Crippen molar-refractivity contribution in [1.82, 2.24) is 19.9 Å². The minimum absolute atomic E-state index is 0.240. The molecule has 170 valence electrons. The van der Waals surface area contributed by atoms with Gasteiger partial charge in [0.25, 0.3) is 0 Å². The zero-order chi connectivity index (χ0) is 22.4. The normalized spacial score (nSPS) is 22.8. The number of hydrogen-bond donors (Lipinski definition) is 0. The van der Waals surface area contributed by atoms with Crippen molar-refractivity contribution in [2.45, 2.75) is 37.6 Å². The number of ether oxygens (including phenoxy) is 2. The van der Waals surface area contributed by atoms with Crippen LogP contribution in [0.15, 0.2) is 42.6 Å². The molecule has 2 saturated heterocycles. The molecule has 0 amide bonds. The Morgan fingerprint density at radius 3 is 2.94 bits per heavy atom. The van der Waals surface area contributed by atoms with E-state index in [0.29, 0.717) is 37.2 Å². The van der Waals surface area contributed by atoms with Gasteiger partial charge in [-0.15, -0.1) is 11.3 Å². The second-order valence-electron chi connectivity index (χ2n) is 8.71. The number of pyridine rings is 1. The third kappa shape index (κ3) is 3.80. The molecule has 0 saturated carbocycles. The van der Waals surface area contributed by atoms with E-state index in [1.54, 1.807) is 6.20 Å². The third-order valence-electron chi connectivity index (χ3n) is 6.60. The van der Waals surface area contributed by atoms with Crippen LogP contribution in [0.4, 0.5) is 4.39 Å². The number of hydrogen-bond acceptors (Lipinski definition) is 7. The highest BCUT2D eigenvalue weighted by molar-refractivity contribution is 7.26. The van der Waals surface area contributed by atoms with Gasteiger partial charge in [0.2, 0.25) is 5.88 Å². The molecule has 0 aliphatic carbocycles. The molecule has 0 bridgehead atoms. The number of benzene rings is 1. The number of halogens is 2. The number of alkyl halides is 1. The zero-order valence-corrected chi connectivity index (χ0v) is 19.4. The zero-order valence-electron chi connectivity index (χ0n) is 17.8. The Balaban J connectivity index is 1.36. The van der Waals surface area contributed by atoms with Gasteiger partial charge in [0.15, 0.2) is 0 Å². The number of rotatable bonds is 6. The Kier molecular flexibility index (Phi) is 5.31. The summed E-state index contributed by atoms with van der Waals surface area (Å²) in [5.74, 6) is 0.447. The molecule has 6 nitrogen and oxygen atoms in total. The number of nitrogens with zero attached hydrogens (tertiary/aromatic N) is 4. The molecule has 0 N–H and O–H groups in total. The van der Waals surface area contributed by atoms with Crippen molar-refractivity contribution in [3.63, 3.8) is 0 Å². The lowest BCUT2D eigenvalue weighted by Gasteiger charge is -2.30. The summed E-state index contributed by atoms with van der Waals surface area (Å²) in [5.41, 5.74) is 0.766. The van der Waals surface area contributed by atoms with E-state index in [1.165, 1.54) is 11.3 Å². The van der Waals surface area contributed by atoms with Crippen LogP contribution >= 0.6 is 22.9 Å². The maximum absolute atomic E-state index is 14.1. The molecule has 2 atom stereocenters. The second-order valence-corrected chi connectivity index (χ2v) is 10.1. The van der Waals surface area contributed by atoms with E-state index in [2.05, 4.69) is 19.9 Å². The van der Waals surface area contributed by atoms with Gasteiger partial charge in [-0.25, -0.2) is 9.37 Å². The van der Waals surface area contributed by atoms with Gasteiger partial charge in [0.05, 0.1) is 15.6 Å². The van der Waals surface area contributed by atoms with Crippen molar-refractivity contribution in [3.8, 4) is 11.9 Å². The summed E-state index contributed by atoms with van der Waals surface area (Å²) in [6.45, 7) is 2.13. The van der Waals surface area contributed by atoms with E-state index >= 15 is 0 Å². The first-order valence-electron chi connectivity index (χ1n) is 11.0. The van der Waals surface area contributed by atoms with Crippen LogP contribution in [0.1, 0.15) is 24.8 Å². The SMILES string of the molecule is F[C@H]1CN2CCCC2(COc2nc(OCc3ccccc3)c3c(n2)sc2c(Cl)nccc23)C1. The molecule has 9 heteroatoms. The van der Waals surface area contributed by atoms with Crippen LogP contribution in [-0.2, 0) is 6.61 Å². The van der Waals surface area contributed by atoms with Crippen molar-refractivity contribution >= 4 is 43.2 Å². The lowest BCUT2D eigenvalue weighted by molar-refractivity contribution is 0.107. The Labute approximate surface area is 199 Å². The summed E-state index contributed by atoms with van der Waals surface area (Å²) in [7, 11) is 0. The Morgan fingerprint density at radius 1 is 1.18 bits per heavy atom.